The highest BCUT2D eigenvalue weighted by Crippen LogP contribution is 2.23. The summed E-state index contributed by atoms with van der Waals surface area (Å²) in [7, 11) is 0. The lowest BCUT2D eigenvalue weighted by Crippen LogP contribution is -2.33. The van der Waals surface area contributed by atoms with Crippen molar-refractivity contribution in [2.24, 2.45) is 0 Å². The Labute approximate surface area is 135 Å². The second-order valence-electron chi connectivity index (χ2n) is 5.89. The molecule has 4 heteroatoms. The first kappa shape index (κ1) is 14.2. The molecule has 4 rings (SSSR count). The van der Waals surface area contributed by atoms with Gasteiger partial charge in [0.05, 0.1) is 0 Å². The molecule has 116 valence electrons. The summed E-state index contributed by atoms with van der Waals surface area (Å²) in [6, 6.07) is 15.1. The van der Waals surface area contributed by atoms with E-state index in [1.807, 2.05) is 24.4 Å². The summed E-state index contributed by atoms with van der Waals surface area (Å²) < 4.78 is 5.90. The lowest BCUT2D eigenvalue weighted by molar-refractivity contribution is 0.308. The third-order valence-corrected chi connectivity index (χ3v) is 4.34. The lowest BCUT2D eigenvalue weighted by Gasteiger charge is -2.13. The standard InChI is InChI=1S/C19H19N3O/c1-2-5-15-11-17(10-14(15)4-1)21-8-9-23-18-7-3-6-16-12-20-13-22-19(16)18/h1-7,12-13,17,21H,8-11H2. The molecule has 1 heterocycles. The first-order valence-electron chi connectivity index (χ1n) is 8.02. The largest absolute Gasteiger partial charge is 0.490 e. The van der Waals surface area contributed by atoms with Crippen molar-refractivity contribution in [1.82, 2.24) is 15.3 Å². The average molecular weight is 305 g/mol. The van der Waals surface area contributed by atoms with Gasteiger partial charge in [-0.2, -0.15) is 0 Å². The van der Waals surface area contributed by atoms with E-state index in [4.69, 9.17) is 4.74 Å². The minimum absolute atomic E-state index is 0.519. The number of aromatic nitrogens is 2. The van der Waals surface area contributed by atoms with Gasteiger partial charge in [-0.3, -0.25) is 0 Å². The Morgan fingerprint density at radius 3 is 2.70 bits per heavy atom. The molecule has 3 aromatic rings. The molecule has 4 nitrogen and oxygen atoms in total. The molecule has 2 aromatic carbocycles. The molecule has 1 aliphatic carbocycles. The molecule has 0 unspecified atom stereocenters. The van der Waals surface area contributed by atoms with Gasteiger partial charge in [-0.05, 0) is 30.0 Å². The van der Waals surface area contributed by atoms with Crippen LogP contribution in [0.3, 0.4) is 0 Å². The highest BCUT2D eigenvalue weighted by atomic mass is 16.5. The van der Waals surface area contributed by atoms with Crippen LogP contribution in [0, 0.1) is 0 Å². The van der Waals surface area contributed by atoms with Crippen LogP contribution in [-0.4, -0.2) is 29.2 Å². The highest BCUT2D eigenvalue weighted by Gasteiger charge is 2.19. The van der Waals surface area contributed by atoms with Crippen LogP contribution in [0.2, 0.25) is 0 Å². The van der Waals surface area contributed by atoms with Crippen LogP contribution >= 0.6 is 0 Å². The molecular formula is C19H19N3O. The number of fused-ring (bicyclic) bond motifs is 2. The number of hydrogen-bond acceptors (Lipinski definition) is 4. The Kier molecular flexibility index (Phi) is 3.90. The predicted octanol–water partition coefficient (Wildman–Crippen LogP) is 2.77. The van der Waals surface area contributed by atoms with Crippen molar-refractivity contribution in [3.63, 3.8) is 0 Å². The van der Waals surface area contributed by atoms with Crippen molar-refractivity contribution in [1.29, 1.82) is 0 Å². The van der Waals surface area contributed by atoms with Crippen LogP contribution < -0.4 is 10.1 Å². The van der Waals surface area contributed by atoms with Crippen LogP contribution in [0.1, 0.15) is 11.1 Å². The van der Waals surface area contributed by atoms with Crippen molar-refractivity contribution in [2.75, 3.05) is 13.2 Å². The van der Waals surface area contributed by atoms with Gasteiger partial charge in [-0.25, -0.2) is 9.97 Å². The third kappa shape index (κ3) is 3.03. The van der Waals surface area contributed by atoms with Crippen molar-refractivity contribution >= 4 is 10.9 Å². The van der Waals surface area contributed by atoms with E-state index in [0.717, 1.165) is 36.0 Å². The maximum absolute atomic E-state index is 5.90. The minimum atomic E-state index is 0.519. The maximum atomic E-state index is 5.90. The summed E-state index contributed by atoms with van der Waals surface area (Å²) in [4.78, 5) is 8.35. The number of ether oxygens (including phenoxy) is 1. The number of nitrogens with one attached hydrogen (secondary N) is 1. The first-order chi connectivity index (χ1) is 11.4. The Morgan fingerprint density at radius 2 is 1.87 bits per heavy atom. The van der Waals surface area contributed by atoms with Crippen LogP contribution in [0.15, 0.2) is 55.0 Å². The molecule has 0 atom stereocenters. The number of benzene rings is 2. The number of rotatable bonds is 5. The van der Waals surface area contributed by atoms with Crippen molar-refractivity contribution in [2.45, 2.75) is 18.9 Å². The van der Waals surface area contributed by atoms with E-state index >= 15 is 0 Å². The molecule has 1 aromatic heterocycles. The van der Waals surface area contributed by atoms with Gasteiger partial charge in [-0.15, -0.1) is 0 Å². The fraction of sp³-hybridized carbons (Fsp3) is 0.263. The van der Waals surface area contributed by atoms with Gasteiger partial charge in [0.25, 0.3) is 0 Å². The van der Waals surface area contributed by atoms with E-state index in [9.17, 15) is 0 Å². The zero-order valence-electron chi connectivity index (χ0n) is 12.9. The zero-order chi connectivity index (χ0) is 15.5. The normalized spacial score (nSPS) is 14.1. The molecule has 0 fully saturated rings. The van der Waals surface area contributed by atoms with Crippen LogP contribution in [0.4, 0.5) is 0 Å². The van der Waals surface area contributed by atoms with Gasteiger partial charge in [-0.1, -0.05) is 36.4 Å². The van der Waals surface area contributed by atoms with Crippen LogP contribution in [0.5, 0.6) is 5.75 Å². The van der Waals surface area contributed by atoms with E-state index in [1.165, 1.54) is 11.1 Å². The van der Waals surface area contributed by atoms with Gasteiger partial charge in [0.1, 0.15) is 24.2 Å². The molecule has 1 aliphatic rings. The Balaban J connectivity index is 1.31. The SMILES string of the molecule is c1ccc2c(c1)CC(NCCOc1cccc3cncnc13)C2. The molecule has 23 heavy (non-hydrogen) atoms. The molecule has 0 spiro atoms. The summed E-state index contributed by atoms with van der Waals surface area (Å²) in [6.07, 6.45) is 5.59. The fourth-order valence-electron chi connectivity index (χ4n) is 3.23. The lowest BCUT2D eigenvalue weighted by atomic mass is 10.1. The van der Waals surface area contributed by atoms with Gasteiger partial charge < -0.3 is 10.1 Å². The number of nitrogens with zero attached hydrogens (tertiary/aromatic N) is 2. The average Bonchev–Trinajstić information content (AvgIpc) is 3.01. The van der Waals surface area contributed by atoms with Gasteiger partial charge in [0, 0.05) is 24.2 Å². The van der Waals surface area contributed by atoms with E-state index in [2.05, 4.69) is 39.6 Å². The number of para-hydroxylation sites is 1. The van der Waals surface area contributed by atoms with Crippen LogP contribution in [-0.2, 0) is 12.8 Å². The third-order valence-electron chi connectivity index (χ3n) is 4.34. The van der Waals surface area contributed by atoms with E-state index < -0.39 is 0 Å². The fourth-order valence-corrected chi connectivity index (χ4v) is 3.23. The van der Waals surface area contributed by atoms with E-state index in [-0.39, 0.29) is 0 Å². The van der Waals surface area contributed by atoms with E-state index in [0.29, 0.717) is 12.6 Å². The van der Waals surface area contributed by atoms with Crippen LogP contribution in [0.25, 0.3) is 10.9 Å². The Hall–Kier alpha value is -2.46. The minimum Gasteiger partial charge on any atom is -0.490 e. The summed E-state index contributed by atoms with van der Waals surface area (Å²) in [6.45, 7) is 1.47. The van der Waals surface area contributed by atoms with Gasteiger partial charge in [0.2, 0.25) is 0 Å². The highest BCUT2D eigenvalue weighted by molar-refractivity contribution is 5.83. The van der Waals surface area contributed by atoms with Gasteiger partial charge >= 0.3 is 0 Å². The van der Waals surface area contributed by atoms with Crippen molar-refractivity contribution < 1.29 is 4.74 Å². The zero-order valence-corrected chi connectivity index (χ0v) is 12.9. The topological polar surface area (TPSA) is 47.0 Å². The summed E-state index contributed by atoms with van der Waals surface area (Å²) in [5, 5.41) is 4.59. The molecule has 0 saturated heterocycles. The first-order valence-corrected chi connectivity index (χ1v) is 8.02. The quantitative estimate of drug-likeness (QED) is 0.736. The van der Waals surface area contributed by atoms with E-state index in [1.54, 1.807) is 6.33 Å². The summed E-state index contributed by atoms with van der Waals surface area (Å²) in [5.41, 5.74) is 3.81. The second-order valence-corrected chi connectivity index (χ2v) is 5.89. The molecule has 0 aliphatic heterocycles. The molecular weight excluding hydrogens is 286 g/mol. The molecule has 0 amide bonds. The number of hydrogen-bond donors (Lipinski definition) is 1. The predicted molar refractivity (Wildman–Crippen MR) is 90.7 cm³/mol. The summed E-state index contributed by atoms with van der Waals surface area (Å²) in [5.74, 6) is 0.821. The smallest absolute Gasteiger partial charge is 0.145 e. The Morgan fingerprint density at radius 1 is 1.04 bits per heavy atom. The second kappa shape index (κ2) is 6.34. The summed E-state index contributed by atoms with van der Waals surface area (Å²) >= 11 is 0. The van der Waals surface area contributed by atoms with Crippen molar-refractivity contribution in [3.8, 4) is 5.75 Å². The molecule has 0 bridgehead atoms. The molecule has 0 saturated carbocycles. The maximum Gasteiger partial charge on any atom is 0.145 e. The molecule has 0 radical (unpaired) electrons. The van der Waals surface area contributed by atoms with Gasteiger partial charge in [0.15, 0.2) is 0 Å². The molecule has 1 N–H and O–H groups in total. The van der Waals surface area contributed by atoms with Crippen molar-refractivity contribution in [3.05, 3.63) is 66.1 Å². The Bertz CT molecular complexity index is 788. The monoisotopic (exact) mass is 305 g/mol.